The molecule has 1 aliphatic heterocycles. The smallest absolute Gasteiger partial charge is 0.279 e. The number of anilines is 1. The Bertz CT molecular complexity index is 873. The number of nitrogens with zero attached hydrogens (tertiary/aromatic N) is 4. The Labute approximate surface area is 163 Å². The molecular formula is C20H25N7O+2. The van der Waals surface area contributed by atoms with Gasteiger partial charge in [0.05, 0.1) is 5.69 Å². The number of carbonyl (C=O) groups is 1. The molecule has 4 rings (SSSR count). The fourth-order valence-electron chi connectivity index (χ4n) is 3.60. The number of tetrazole rings is 1. The van der Waals surface area contributed by atoms with Gasteiger partial charge in [0.25, 0.3) is 5.91 Å². The first-order chi connectivity index (χ1) is 13.8. The number of aromatic nitrogens is 4. The number of hydrogen-bond donors (Lipinski definition) is 3. The number of rotatable bonds is 6. The maximum atomic E-state index is 12.4. The molecule has 1 saturated heterocycles. The van der Waals surface area contributed by atoms with Gasteiger partial charge in [-0.25, -0.2) is 4.68 Å². The molecule has 0 unspecified atom stereocenters. The van der Waals surface area contributed by atoms with E-state index in [9.17, 15) is 4.79 Å². The lowest BCUT2D eigenvalue weighted by Gasteiger charge is -2.29. The van der Waals surface area contributed by atoms with Crippen LogP contribution in [0.25, 0.3) is 5.69 Å². The Morgan fingerprint density at radius 2 is 1.68 bits per heavy atom. The molecule has 28 heavy (non-hydrogen) atoms. The van der Waals surface area contributed by atoms with Crippen LogP contribution in [0.1, 0.15) is 5.56 Å². The normalized spacial score (nSPS) is 19.3. The molecule has 1 amide bonds. The van der Waals surface area contributed by atoms with Gasteiger partial charge in [-0.15, -0.1) is 5.10 Å². The van der Waals surface area contributed by atoms with Gasteiger partial charge in [-0.1, -0.05) is 30.3 Å². The third kappa shape index (κ3) is 4.79. The summed E-state index contributed by atoms with van der Waals surface area (Å²) in [5.41, 5.74) is 3.02. The topological polar surface area (TPSA) is 81.6 Å². The third-order valence-electron chi connectivity index (χ3n) is 5.14. The van der Waals surface area contributed by atoms with Gasteiger partial charge >= 0.3 is 0 Å². The monoisotopic (exact) mass is 379 g/mol. The van der Waals surface area contributed by atoms with Crippen LogP contribution in [0.4, 0.5) is 5.69 Å². The number of hydrogen-bond acceptors (Lipinski definition) is 4. The highest BCUT2D eigenvalue weighted by Gasteiger charge is 2.24. The summed E-state index contributed by atoms with van der Waals surface area (Å²) in [6.07, 6.45) is 1.54. The quantitative estimate of drug-likeness (QED) is 0.491. The van der Waals surface area contributed by atoms with Crippen LogP contribution in [0, 0.1) is 0 Å². The summed E-state index contributed by atoms with van der Waals surface area (Å²) in [7, 11) is 0. The lowest BCUT2D eigenvalue weighted by Crippen LogP contribution is -3.28. The first-order valence-electron chi connectivity index (χ1n) is 9.60. The Kier molecular flexibility index (Phi) is 5.69. The van der Waals surface area contributed by atoms with Crippen molar-refractivity contribution in [2.75, 3.05) is 38.0 Å². The summed E-state index contributed by atoms with van der Waals surface area (Å²) in [5.74, 6) is 0.0525. The molecule has 2 aromatic carbocycles. The van der Waals surface area contributed by atoms with E-state index in [2.05, 4.69) is 51.2 Å². The minimum absolute atomic E-state index is 0.0525. The van der Waals surface area contributed by atoms with Crippen LogP contribution in [-0.4, -0.2) is 58.8 Å². The molecule has 0 saturated carbocycles. The first-order valence-corrected chi connectivity index (χ1v) is 9.60. The average molecular weight is 379 g/mol. The fourth-order valence-corrected chi connectivity index (χ4v) is 3.60. The van der Waals surface area contributed by atoms with Gasteiger partial charge in [0, 0.05) is 11.3 Å². The summed E-state index contributed by atoms with van der Waals surface area (Å²) < 4.78 is 1.58. The van der Waals surface area contributed by atoms with Gasteiger partial charge in [-0.05, 0) is 34.7 Å². The van der Waals surface area contributed by atoms with Crippen LogP contribution in [0.2, 0.25) is 0 Å². The van der Waals surface area contributed by atoms with Crippen LogP contribution in [-0.2, 0) is 11.3 Å². The van der Waals surface area contributed by atoms with Crippen molar-refractivity contribution < 1.29 is 14.6 Å². The second kappa shape index (κ2) is 8.73. The molecule has 2 heterocycles. The van der Waals surface area contributed by atoms with E-state index in [1.165, 1.54) is 16.8 Å². The highest BCUT2D eigenvalue weighted by atomic mass is 16.2. The Morgan fingerprint density at radius 3 is 2.36 bits per heavy atom. The van der Waals surface area contributed by atoms with Crippen molar-refractivity contribution in [1.82, 2.24) is 20.2 Å². The van der Waals surface area contributed by atoms with Crippen LogP contribution in [0.15, 0.2) is 60.9 Å². The maximum absolute atomic E-state index is 12.4. The molecule has 0 atom stereocenters. The summed E-state index contributed by atoms with van der Waals surface area (Å²) in [6, 6.07) is 18.1. The van der Waals surface area contributed by atoms with Crippen molar-refractivity contribution in [3.63, 3.8) is 0 Å². The van der Waals surface area contributed by atoms with Gasteiger partial charge in [0.1, 0.15) is 39.1 Å². The van der Waals surface area contributed by atoms with Crippen molar-refractivity contribution in [2.45, 2.75) is 6.54 Å². The van der Waals surface area contributed by atoms with Crippen LogP contribution >= 0.6 is 0 Å². The maximum Gasteiger partial charge on any atom is 0.279 e. The molecule has 1 fully saturated rings. The van der Waals surface area contributed by atoms with E-state index >= 15 is 0 Å². The molecule has 3 N–H and O–H groups in total. The van der Waals surface area contributed by atoms with Crippen molar-refractivity contribution >= 4 is 11.6 Å². The molecule has 144 valence electrons. The zero-order chi connectivity index (χ0) is 19.2. The number of quaternary nitrogens is 2. The number of nitrogens with one attached hydrogen (secondary N) is 3. The minimum Gasteiger partial charge on any atom is -0.322 e. The van der Waals surface area contributed by atoms with Gasteiger partial charge in [0.2, 0.25) is 0 Å². The average Bonchev–Trinajstić information content (AvgIpc) is 3.26. The number of carbonyl (C=O) groups excluding carboxylic acids is 1. The molecule has 8 heteroatoms. The molecule has 8 nitrogen and oxygen atoms in total. The van der Waals surface area contributed by atoms with E-state index in [1.54, 1.807) is 9.58 Å². The van der Waals surface area contributed by atoms with E-state index in [1.807, 2.05) is 24.3 Å². The van der Waals surface area contributed by atoms with Crippen molar-refractivity contribution in [2.24, 2.45) is 0 Å². The Balaban J connectivity index is 1.22. The Hall–Kier alpha value is -3.10. The molecule has 1 aromatic heterocycles. The van der Waals surface area contributed by atoms with E-state index in [-0.39, 0.29) is 5.91 Å². The van der Waals surface area contributed by atoms with Crippen LogP contribution in [0.3, 0.4) is 0 Å². The molecule has 0 aliphatic carbocycles. The van der Waals surface area contributed by atoms with Gasteiger partial charge < -0.3 is 15.1 Å². The summed E-state index contributed by atoms with van der Waals surface area (Å²) in [4.78, 5) is 15.3. The zero-order valence-electron chi connectivity index (χ0n) is 15.7. The number of amides is 1. The summed E-state index contributed by atoms with van der Waals surface area (Å²) in [5, 5.41) is 14.1. The zero-order valence-corrected chi connectivity index (χ0v) is 15.7. The minimum atomic E-state index is 0.0525. The highest BCUT2D eigenvalue weighted by molar-refractivity contribution is 5.91. The Morgan fingerprint density at radius 1 is 0.964 bits per heavy atom. The number of benzene rings is 2. The summed E-state index contributed by atoms with van der Waals surface area (Å²) in [6.45, 7) is 5.80. The lowest BCUT2D eigenvalue weighted by atomic mass is 10.2. The van der Waals surface area contributed by atoms with Crippen molar-refractivity contribution in [3.05, 3.63) is 66.5 Å². The fraction of sp³-hybridized carbons (Fsp3) is 0.300. The van der Waals surface area contributed by atoms with Gasteiger partial charge in [0.15, 0.2) is 6.54 Å². The van der Waals surface area contributed by atoms with Crippen LogP contribution in [0.5, 0.6) is 0 Å². The molecule has 0 radical (unpaired) electrons. The first kappa shape index (κ1) is 18.3. The predicted molar refractivity (Wildman–Crippen MR) is 104 cm³/mol. The van der Waals surface area contributed by atoms with E-state index in [0.717, 1.165) is 44.1 Å². The highest BCUT2D eigenvalue weighted by Crippen LogP contribution is 2.11. The van der Waals surface area contributed by atoms with Crippen molar-refractivity contribution in [1.29, 1.82) is 0 Å². The second-order valence-corrected chi connectivity index (χ2v) is 7.19. The number of piperazine rings is 1. The van der Waals surface area contributed by atoms with Crippen molar-refractivity contribution in [3.8, 4) is 5.69 Å². The largest absolute Gasteiger partial charge is 0.322 e. The van der Waals surface area contributed by atoms with E-state index in [0.29, 0.717) is 6.54 Å². The molecule has 1 aliphatic rings. The molecule has 0 bridgehead atoms. The summed E-state index contributed by atoms with van der Waals surface area (Å²) >= 11 is 0. The van der Waals surface area contributed by atoms with Gasteiger partial charge in [-0.3, -0.25) is 4.79 Å². The predicted octanol–water partition coefficient (Wildman–Crippen LogP) is -1.42. The lowest BCUT2D eigenvalue weighted by molar-refractivity contribution is -1.02. The van der Waals surface area contributed by atoms with E-state index in [4.69, 9.17) is 0 Å². The van der Waals surface area contributed by atoms with E-state index < -0.39 is 0 Å². The SMILES string of the molecule is O=C(C[NH+]1CC[NH+](Cc2ccccc2)CC1)Nc1ccc(-n2cnnn2)cc1. The van der Waals surface area contributed by atoms with Gasteiger partial charge in [-0.2, -0.15) is 0 Å². The standard InChI is InChI=1S/C20H23N7O/c28-20(22-18-6-8-19(9-7-18)27-16-21-23-24-27)15-26-12-10-25(11-13-26)14-17-4-2-1-3-5-17/h1-9,16H,10-15H2,(H,22,28)/p+2. The van der Waals surface area contributed by atoms with Crippen LogP contribution < -0.4 is 15.1 Å². The molecule has 0 spiro atoms. The molecular weight excluding hydrogens is 354 g/mol. The molecule has 3 aromatic rings. The third-order valence-corrected chi connectivity index (χ3v) is 5.14. The second-order valence-electron chi connectivity index (χ2n) is 7.19.